The molecule has 0 radical (unpaired) electrons. The highest BCUT2D eigenvalue weighted by Gasteiger charge is 2.25. The van der Waals surface area contributed by atoms with Crippen molar-refractivity contribution in [2.45, 2.75) is 32.3 Å². The van der Waals surface area contributed by atoms with Crippen molar-refractivity contribution in [3.63, 3.8) is 0 Å². The van der Waals surface area contributed by atoms with Gasteiger partial charge in [0.15, 0.2) is 11.2 Å². The first-order valence-corrected chi connectivity index (χ1v) is 9.31. The molecule has 2 heterocycles. The van der Waals surface area contributed by atoms with Gasteiger partial charge in [-0.05, 0) is 31.5 Å². The fraction of sp³-hybridized carbons (Fsp3) is 0.333. The Hall–Kier alpha value is -2.81. The molecule has 0 aliphatic carbocycles. The van der Waals surface area contributed by atoms with Gasteiger partial charge in [0.25, 0.3) is 5.91 Å². The van der Waals surface area contributed by atoms with Gasteiger partial charge < -0.3 is 10.1 Å². The van der Waals surface area contributed by atoms with Crippen LogP contribution in [0.1, 0.15) is 25.5 Å². The van der Waals surface area contributed by atoms with E-state index >= 15 is 0 Å². The molecule has 1 atom stereocenters. The molecular weight excluding hydrogens is 373 g/mol. The molecule has 1 saturated heterocycles. The Morgan fingerprint density at radius 1 is 1.44 bits per heavy atom. The lowest BCUT2D eigenvalue weighted by molar-refractivity contribution is -0.152. The van der Waals surface area contributed by atoms with E-state index in [9.17, 15) is 18.8 Å². The molecule has 0 saturated carbocycles. The van der Waals surface area contributed by atoms with Crippen molar-refractivity contribution < 1.29 is 23.5 Å². The van der Waals surface area contributed by atoms with E-state index in [1.54, 1.807) is 10.3 Å². The van der Waals surface area contributed by atoms with Crippen LogP contribution >= 0.6 is 11.3 Å². The van der Waals surface area contributed by atoms with Crippen LogP contribution in [0.25, 0.3) is 0 Å². The number of hydrogen-bond donors (Lipinski definition) is 1. The molecule has 9 heteroatoms. The van der Waals surface area contributed by atoms with Crippen LogP contribution in [-0.4, -0.2) is 35.4 Å². The molecule has 7 nitrogen and oxygen atoms in total. The highest BCUT2D eigenvalue weighted by Crippen LogP contribution is 2.25. The number of anilines is 2. The third kappa shape index (κ3) is 4.88. The number of halogens is 1. The van der Waals surface area contributed by atoms with Crippen LogP contribution in [0, 0.1) is 5.82 Å². The number of esters is 1. The smallest absolute Gasteiger partial charge is 0.312 e. The maximum Gasteiger partial charge on any atom is 0.312 e. The minimum absolute atomic E-state index is 0.0288. The Bertz CT molecular complexity index is 870. The largest absolute Gasteiger partial charge is 0.452 e. The second-order valence-electron chi connectivity index (χ2n) is 6.08. The second kappa shape index (κ2) is 8.26. The summed E-state index contributed by atoms with van der Waals surface area (Å²) in [5.41, 5.74) is 0.764. The van der Waals surface area contributed by atoms with Gasteiger partial charge in [-0.25, -0.2) is 9.37 Å². The van der Waals surface area contributed by atoms with E-state index < -0.39 is 23.8 Å². The van der Waals surface area contributed by atoms with Crippen molar-refractivity contribution in [3.8, 4) is 0 Å². The van der Waals surface area contributed by atoms with Crippen LogP contribution < -0.4 is 10.2 Å². The summed E-state index contributed by atoms with van der Waals surface area (Å²) in [6, 6.07) is 5.43. The maximum absolute atomic E-state index is 13.1. The summed E-state index contributed by atoms with van der Waals surface area (Å²) in [4.78, 5) is 41.7. The molecule has 1 unspecified atom stereocenters. The van der Waals surface area contributed by atoms with Gasteiger partial charge in [-0.1, -0.05) is 6.07 Å². The Morgan fingerprint density at radius 3 is 2.96 bits per heavy atom. The lowest BCUT2D eigenvalue weighted by Crippen LogP contribution is -2.30. The first-order valence-electron chi connectivity index (χ1n) is 8.43. The molecule has 2 aromatic rings. The molecule has 2 amide bonds. The minimum Gasteiger partial charge on any atom is -0.452 e. The van der Waals surface area contributed by atoms with Crippen molar-refractivity contribution >= 4 is 39.9 Å². The predicted molar refractivity (Wildman–Crippen MR) is 98.0 cm³/mol. The van der Waals surface area contributed by atoms with Gasteiger partial charge in [-0.3, -0.25) is 19.3 Å². The highest BCUT2D eigenvalue weighted by atomic mass is 32.1. The molecular formula is C18H18FN3O4S. The van der Waals surface area contributed by atoms with Crippen molar-refractivity contribution in [2.75, 3.05) is 16.8 Å². The van der Waals surface area contributed by atoms with E-state index in [2.05, 4.69) is 10.3 Å². The molecule has 0 spiro atoms. The van der Waals surface area contributed by atoms with Gasteiger partial charge in [0.2, 0.25) is 5.91 Å². The van der Waals surface area contributed by atoms with Gasteiger partial charge in [0.1, 0.15) is 5.82 Å². The molecule has 1 aromatic carbocycles. The van der Waals surface area contributed by atoms with Crippen LogP contribution in [0.15, 0.2) is 29.6 Å². The van der Waals surface area contributed by atoms with Gasteiger partial charge in [-0.2, -0.15) is 0 Å². The molecule has 3 rings (SSSR count). The van der Waals surface area contributed by atoms with E-state index in [0.717, 1.165) is 6.42 Å². The number of amides is 2. The van der Waals surface area contributed by atoms with Crippen LogP contribution in [0.5, 0.6) is 0 Å². The molecule has 1 aromatic heterocycles. The first-order chi connectivity index (χ1) is 12.9. The zero-order chi connectivity index (χ0) is 19.4. The average molecular weight is 391 g/mol. The number of thiazole rings is 1. The molecule has 1 N–H and O–H groups in total. The monoisotopic (exact) mass is 391 g/mol. The van der Waals surface area contributed by atoms with Crippen LogP contribution in [0.3, 0.4) is 0 Å². The Labute approximate surface area is 159 Å². The normalized spacial score (nSPS) is 14.9. The standard InChI is InChI=1S/C18H18FN3O4S/c1-11(17(25)20-13-5-2-4-12(19)8-13)26-16(24)9-14-10-27-18(21-14)22-7-3-6-15(22)23/h2,4-5,8,10-11H,3,6-7,9H2,1H3,(H,20,25). The van der Waals surface area contributed by atoms with Crippen molar-refractivity contribution in [1.29, 1.82) is 0 Å². The first kappa shape index (κ1) is 19.0. The van der Waals surface area contributed by atoms with Crippen LogP contribution in [0.2, 0.25) is 0 Å². The fourth-order valence-corrected chi connectivity index (χ4v) is 3.47. The fourth-order valence-electron chi connectivity index (χ4n) is 2.60. The Kier molecular flexibility index (Phi) is 5.80. The maximum atomic E-state index is 13.1. The van der Waals surface area contributed by atoms with Crippen molar-refractivity contribution in [1.82, 2.24) is 4.98 Å². The molecule has 0 bridgehead atoms. The van der Waals surface area contributed by atoms with E-state index in [1.807, 2.05) is 0 Å². The number of benzene rings is 1. The zero-order valence-electron chi connectivity index (χ0n) is 14.6. The summed E-state index contributed by atoms with van der Waals surface area (Å²) in [6.07, 6.45) is 0.165. The molecule has 1 aliphatic rings. The van der Waals surface area contributed by atoms with Gasteiger partial charge in [0.05, 0.1) is 12.1 Å². The Balaban J connectivity index is 1.52. The summed E-state index contributed by atoms with van der Waals surface area (Å²) in [6.45, 7) is 2.06. The molecule has 27 heavy (non-hydrogen) atoms. The number of aromatic nitrogens is 1. The van der Waals surface area contributed by atoms with Gasteiger partial charge in [-0.15, -0.1) is 11.3 Å². The van der Waals surface area contributed by atoms with E-state index in [1.165, 1.54) is 42.5 Å². The lowest BCUT2D eigenvalue weighted by atomic mass is 10.3. The number of ether oxygens (including phenoxy) is 1. The number of nitrogens with zero attached hydrogens (tertiary/aromatic N) is 2. The number of nitrogens with one attached hydrogen (secondary N) is 1. The van der Waals surface area contributed by atoms with E-state index in [4.69, 9.17) is 4.74 Å². The summed E-state index contributed by atoms with van der Waals surface area (Å²) in [7, 11) is 0. The predicted octanol–water partition coefficient (Wildman–Crippen LogP) is 2.52. The Morgan fingerprint density at radius 2 is 2.26 bits per heavy atom. The lowest BCUT2D eigenvalue weighted by Gasteiger charge is -2.13. The van der Waals surface area contributed by atoms with Crippen LogP contribution in [-0.2, 0) is 25.5 Å². The molecule has 1 fully saturated rings. The summed E-state index contributed by atoms with van der Waals surface area (Å²) < 4.78 is 18.3. The number of rotatable bonds is 6. The van der Waals surface area contributed by atoms with Gasteiger partial charge in [0, 0.05) is 24.0 Å². The number of hydrogen-bond acceptors (Lipinski definition) is 6. The summed E-state index contributed by atoms with van der Waals surface area (Å²) in [5, 5.41) is 4.74. The summed E-state index contributed by atoms with van der Waals surface area (Å²) >= 11 is 1.29. The SMILES string of the molecule is CC(OC(=O)Cc1csc(N2CCCC2=O)n1)C(=O)Nc1cccc(F)c1. The van der Waals surface area contributed by atoms with Crippen LogP contribution in [0.4, 0.5) is 15.2 Å². The van der Waals surface area contributed by atoms with Gasteiger partial charge >= 0.3 is 5.97 Å². The topological polar surface area (TPSA) is 88.6 Å². The van der Waals surface area contributed by atoms with Crippen molar-refractivity contribution in [3.05, 3.63) is 41.2 Å². The quantitative estimate of drug-likeness (QED) is 0.765. The zero-order valence-corrected chi connectivity index (χ0v) is 15.4. The molecule has 1 aliphatic heterocycles. The second-order valence-corrected chi connectivity index (χ2v) is 6.92. The highest BCUT2D eigenvalue weighted by molar-refractivity contribution is 7.14. The number of carbonyl (C=O) groups is 3. The van der Waals surface area contributed by atoms with E-state index in [-0.39, 0.29) is 18.0 Å². The average Bonchev–Trinajstić information content (AvgIpc) is 3.23. The van der Waals surface area contributed by atoms with Crippen molar-refractivity contribution in [2.24, 2.45) is 0 Å². The third-order valence-electron chi connectivity index (χ3n) is 3.94. The van der Waals surface area contributed by atoms with E-state index in [0.29, 0.717) is 23.8 Å². The minimum atomic E-state index is -1.04. The number of carbonyl (C=O) groups excluding carboxylic acids is 3. The molecule has 142 valence electrons. The third-order valence-corrected chi connectivity index (χ3v) is 4.85. The summed E-state index contributed by atoms with van der Waals surface area (Å²) in [5.74, 6) is -1.62.